The van der Waals surface area contributed by atoms with Gasteiger partial charge in [-0.05, 0) is 48.4 Å². The van der Waals surface area contributed by atoms with Crippen molar-refractivity contribution in [2.45, 2.75) is 19.8 Å². The molecule has 0 bridgehead atoms. The summed E-state index contributed by atoms with van der Waals surface area (Å²) in [5.41, 5.74) is 3.50. The molecule has 0 spiro atoms. The normalized spacial score (nSPS) is 10.5. The minimum absolute atomic E-state index is 0.505. The highest BCUT2D eigenvalue weighted by atomic mass is 79.9. The molecule has 0 saturated heterocycles. The third-order valence-corrected chi connectivity index (χ3v) is 3.86. The van der Waals surface area contributed by atoms with Crippen molar-refractivity contribution >= 4 is 39.6 Å². The number of carbonyl (C=O) groups excluding carboxylic acids is 2. The highest BCUT2D eigenvalue weighted by Gasteiger charge is 2.12. The summed E-state index contributed by atoms with van der Waals surface area (Å²) in [7, 11) is 0. The Morgan fingerprint density at radius 3 is 2.42 bits per heavy atom. The highest BCUT2D eigenvalue weighted by Crippen LogP contribution is 2.16. The van der Waals surface area contributed by atoms with Gasteiger partial charge >= 0.3 is 11.8 Å². The van der Waals surface area contributed by atoms with Crippen molar-refractivity contribution in [3.63, 3.8) is 0 Å². The van der Waals surface area contributed by atoms with Crippen LogP contribution in [0.4, 0.5) is 5.69 Å². The molecule has 26 heavy (non-hydrogen) atoms. The van der Waals surface area contributed by atoms with E-state index in [1.54, 1.807) is 24.3 Å². The number of hydrazone groups is 1. The Labute approximate surface area is 160 Å². The molecule has 2 rings (SSSR count). The predicted molar refractivity (Wildman–Crippen MR) is 105 cm³/mol. The van der Waals surface area contributed by atoms with Gasteiger partial charge in [0.2, 0.25) is 0 Å². The van der Waals surface area contributed by atoms with Gasteiger partial charge in [0.15, 0.2) is 0 Å². The topological polar surface area (TPSA) is 79.8 Å². The molecule has 6 nitrogen and oxygen atoms in total. The molecule has 0 saturated carbocycles. The zero-order valence-corrected chi connectivity index (χ0v) is 16.0. The van der Waals surface area contributed by atoms with Crippen molar-refractivity contribution in [1.82, 2.24) is 5.43 Å². The number of nitrogens with one attached hydrogen (secondary N) is 2. The second-order valence-electron chi connectivity index (χ2n) is 5.43. The number of hydrogen-bond donors (Lipinski definition) is 2. The van der Waals surface area contributed by atoms with Crippen LogP contribution >= 0.6 is 15.9 Å². The van der Waals surface area contributed by atoms with Gasteiger partial charge in [-0.15, -0.1) is 0 Å². The van der Waals surface area contributed by atoms with Crippen LogP contribution in [0.5, 0.6) is 5.75 Å². The number of benzene rings is 2. The van der Waals surface area contributed by atoms with Crippen molar-refractivity contribution in [1.29, 1.82) is 0 Å². The van der Waals surface area contributed by atoms with E-state index in [9.17, 15) is 9.59 Å². The molecule has 136 valence electrons. The van der Waals surface area contributed by atoms with Crippen LogP contribution < -0.4 is 15.5 Å². The Kier molecular flexibility index (Phi) is 7.82. The van der Waals surface area contributed by atoms with Gasteiger partial charge < -0.3 is 10.1 Å². The Bertz CT molecular complexity index is 759. The fourth-order valence-corrected chi connectivity index (χ4v) is 2.19. The quantitative estimate of drug-likeness (QED) is 0.311. The second-order valence-corrected chi connectivity index (χ2v) is 6.35. The second kappa shape index (κ2) is 10.4. The number of amides is 2. The Balaban J connectivity index is 1.80. The first-order valence-electron chi connectivity index (χ1n) is 8.21. The van der Waals surface area contributed by atoms with E-state index < -0.39 is 11.8 Å². The van der Waals surface area contributed by atoms with E-state index in [2.05, 4.69) is 38.7 Å². The molecule has 0 radical (unpaired) electrons. The van der Waals surface area contributed by atoms with Crippen LogP contribution in [-0.4, -0.2) is 24.6 Å². The number of ether oxygens (including phenoxy) is 1. The molecule has 2 amide bonds. The first-order valence-corrected chi connectivity index (χ1v) is 9.00. The molecule has 0 aliphatic carbocycles. The van der Waals surface area contributed by atoms with Gasteiger partial charge in [0.05, 0.1) is 12.8 Å². The van der Waals surface area contributed by atoms with Gasteiger partial charge in [-0.25, -0.2) is 5.43 Å². The summed E-state index contributed by atoms with van der Waals surface area (Å²) >= 11 is 3.33. The van der Waals surface area contributed by atoms with Gasteiger partial charge in [0, 0.05) is 10.2 Å². The lowest BCUT2D eigenvalue weighted by atomic mass is 10.2. The number of unbranched alkanes of at least 4 members (excludes halogenated alkanes) is 1. The molecule has 2 N–H and O–H groups in total. The number of anilines is 1. The fraction of sp³-hybridized carbons (Fsp3) is 0.211. The van der Waals surface area contributed by atoms with Crippen LogP contribution in [0.15, 0.2) is 58.1 Å². The summed E-state index contributed by atoms with van der Waals surface area (Å²) in [5.74, 6) is -0.917. The number of rotatable bonds is 7. The average Bonchev–Trinajstić information content (AvgIpc) is 2.65. The standard InChI is InChI=1S/C19H20BrN3O3/c1-2-3-12-26-17-10-8-16(9-11-17)22-18(24)19(25)23-21-13-14-4-6-15(20)7-5-14/h4-11,13H,2-3,12H2,1H3,(H,22,24)(H,23,25)/b21-13-. The summed E-state index contributed by atoms with van der Waals surface area (Å²) < 4.78 is 6.49. The molecule has 0 heterocycles. The minimum atomic E-state index is -0.846. The zero-order chi connectivity index (χ0) is 18.8. The minimum Gasteiger partial charge on any atom is -0.494 e. The molecule has 0 fully saturated rings. The maximum Gasteiger partial charge on any atom is 0.329 e. The van der Waals surface area contributed by atoms with Gasteiger partial charge in [0.1, 0.15) is 5.75 Å². The molecule has 0 aromatic heterocycles. The Morgan fingerprint density at radius 1 is 1.08 bits per heavy atom. The number of hydrogen-bond acceptors (Lipinski definition) is 4. The van der Waals surface area contributed by atoms with E-state index in [1.165, 1.54) is 6.21 Å². The van der Waals surface area contributed by atoms with Crippen molar-refractivity contribution in [2.75, 3.05) is 11.9 Å². The molecule has 0 atom stereocenters. The zero-order valence-electron chi connectivity index (χ0n) is 14.4. The summed E-state index contributed by atoms with van der Waals surface area (Å²) in [6.45, 7) is 2.75. The lowest BCUT2D eigenvalue weighted by molar-refractivity contribution is -0.136. The maximum atomic E-state index is 11.9. The smallest absolute Gasteiger partial charge is 0.329 e. The maximum absolute atomic E-state index is 11.9. The predicted octanol–water partition coefficient (Wildman–Crippen LogP) is 3.72. The molecule has 0 aliphatic rings. The molecule has 0 unspecified atom stereocenters. The summed E-state index contributed by atoms with van der Waals surface area (Å²) in [4.78, 5) is 23.6. The van der Waals surface area contributed by atoms with E-state index in [0.717, 1.165) is 28.6 Å². The van der Waals surface area contributed by atoms with Gasteiger partial charge in [-0.1, -0.05) is 41.4 Å². The molecule has 2 aromatic carbocycles. The van der Waals surface area contributed by atoms with Gasteiger partial charge in [-0.3, -0.25) is 9.59 Å². The van der Waals surface area contributed by atoms with Gasteiger partial charge in [-0.2, -0.15) is 5.10 Å². The van der Waals surface area contributed by atoms with Crippen molar-refractivity contribution in [2.24, 2.45) is 5.10 Å². The van der Waals surface area contributed by atoms with Crippen LogP contribution in [0.3, 0.4) is 0 Å². The Morgan fingerprint density at radius 2 is 1.77 bits per heavy atom. The molecular weight excluding hydrogens is 398 g/mol. The van der Waals surface area contributed by atoms with E-state index in [4.69, 9.17) is 4.74 Å². The van der Waals surface area contributed by atoms with Crippen molar-refractivity contribution in [3.05, 3.63) is 58.6 Å². The van der Waals surface area contributed by atoms with E-state index in [-0.39, 0.29) is 0 Å². The highest BCUT2D eigenvalue weighted by molar-refractivity contribution is 9.10. The van der Waals surface area contributed by atoms with Crippen LogP contribution in [-0.2, 0) is 9.59 Å². The molecular formula is C19H20BrN3O3. The SMILES string of the molecule is CCCCOc1ccc(NC(=O)C(=O)N/N=C\c2ccc(Br)cc2)cc1. The molecule has 2 aromatic rings. The lowest BCUT2D eigenvalue weighted by Crippen LogP contribution is -2.32. The van der Waals surface area contributed by atoms with Crippen LogP contribution in [0.25, 0.3) is 0 Å². The third kappa shape index (κ3) is 6.68. The lowest BCUT2D eigenvalue weighted by Gasteiger charge is -2.07. The number of halogens is 1. The summed E-state index contributed by atoms with van der Waals surface area (Å²) in [5, 5.41) is 6.27. The number of carbonyl (C=O) groups is 2. The van der Waals surface area contributed by atoms with E-state index >= 15 is 0 Å². The average molecular weight is 418 g/mol. The van der Waals surface area contributed by atoms with Crippen molar-refractivity contribution in [3.8, 4) is 5.75 Å². The summed E-state index contributed by atoms with van der Waals surface area (Å²) in [6.07, 6.45) is 3.51. The monoisotopic (exact) mass is 417 g/mol. The van der Waals surface area contributed by atoms with Crippen molar-refractivity contribution < 1.29 is 14.3 Å². The largest absolute Gasteiger partial charge is 0.494 e. The van der Waals surface area contributed by atoms with Crippen LogP contribution in [0.1, 0.15) is 25.3 Å². The van der Waals surface area contributed by atoms with Crippen LogP contribution in [0, 0.1) is 0 Å². The number of nitrogens with zero attached hydrogens (tertiary/aromatic N) is 1. The first kappa shape index (κ1) is 19.7. The first-order chi connectivity index (χ1) is 12.6. The Hall–Kier alpha value is -2.67. The van der Waals surface area contributed by atoms with Gasteiger partial charge in [0.25, 0.3) is 0 Å². The van der Waals surface area contributed by atoms with E-state index in [0.29, 0.717) is 12.3 Å². The third-order valence-electron chi connectivity index (χ3n) is 3.33. The molecule has 7 heteroatoms. The van der Waals surface area contributed by atoms with E-state index in [1.807, 2.05) is 24.3 Å². The molecule has 0 aliphatic heterocycles. The summed E-state index contributed by atoms with van der Waals surface area (Å²) in [6, 6.07) is 14.2. The van der Waals surface area contributed by atoms with Crippen LogP contribution in [0.2, 0.25) is 0 Å². The fourth-order valence-electron chi connectivity index (χ4n) is 1.92.